The minimum absolute atomic E-state index is 0.0526. The second-order valence-corrected chi connectivity index (χ2v) is 8.03. The van der Waals surface area contributed by atoms with Gasteiger partial charge in [-0.05, 0) is 46.5 Å². The average Bonchev–Trinajstić information content (AvgIpc) is 2.99. The van der Waals surface area contributed by atoms with Gasteiger partial charge < -0.3 is 14.4 Å². The first kappa shape index (κ1) is 21.9. The number of hydrogen-bond donors (Lipinski definition) is 0. The zero-order chi connectivity index (χ0) is 20.9. The summed E-state index contributed by atoms with van der Waals surface area (Å²) >= 11 is 0. The maximum Gasteiger partial charge on any atom is 0.412 e. The number of rotatable bonds is 7. The lowest BCUT2D eigenvalue weighted by Gasteiger charge is -2.35. The molecule has 1 aliphatic heterocycles. The molecule has 2 rings (SSSR count). The summed E-state index contributed by atoms with van der Waals surface area (Å²) in [5.74, 6) is -0.305. The highest BCUT2D eigenvalue weighted by Crippen LogP contribution is 2.37. The van der Waals surface area contributed by atoms with Crippen LogP contribution in [0.15, 0.2) is 36.9 Å². The molecule has 1 heterocycles. The summed E-state index contributed by atoms with van der Waals surface area (Å²) in [5, 5.41) is 0. The smallest absolute Gasteiger partial charge is 0.412 e. The Morgan fingerprint density at radius 1 is 1.29 bits per heavy atom. The number of ether oxygens (including phenoxy) is 2. The Kier molecular flexibility index (Phi) is 7.21. The van der Waals surface area contributed by atoms with E-state index in [-0.39, 0.29) is 12.6 Å². The number of benzene rings is 1. The molecule has 0 aliphatic carbocycles. The van der Waals surface area contributed by atoms with E-state index >= 15 is 0 Å². The lowest BCUT2D eigenvalue weighted by Crippen LogP contribution is -2.46. The molecule has 0 spiro atoms. The van der Waals surface area contributed by atoms with Crippen LogP contribution in [0.25, 0.3) is 0 Å². The third-order valence-corrected chi connectivity index (χ3v) is 4.26. The van der Waals surface area contributed by atoms with Gasteiger partial charge in [-0.1, -0.05) is 30.8 Å². The van der Waals surface area contributed by atoms with E-state index < -0.39 is 17.9 Å². The van der Waals surface area contributed by atoms with Gasteiger partial charge in [0.15, 0.2) is 0 Å². The standard InChI is InChI=1S/C21H31N3O4/c1-7-18(25)24(15-27-13-12-22(5)6)19-17-11-9-8-10-16(17)14-23(19)20(26)28-21(2,3)4/h7-11,19H,1,12-15H2,2-6H3. The number of fused-ring (bicyclic) bond motifs is 1. The second kappa shape index (κ2) is 9.21. The molecule has 7 heteroatoms. The molecule has 1 aromatic carbocycles. The summed E-state index contributed by atoms with van der Waals surface area (Å²) in [5.41, 5.74) is 1.24. The first-order valence-electron chi connectivity index (χ1n) is 9.37. The van der Waals surface area contributed by atoms with Crippen LogP contribution in [-0.4, -0.2) is 66.3 Å². The normalized spacial score (nSPS) is 16.1. The molecule has 0 fully saturated rings. The molecular weight excluding hydrogens is 358 g/mol. The van der Waals surface area contributed by atoms with Crippen LogP contribution in [-0.2, 0) is 20.8 Å². The monoisotopic (exact) mass is 389 g/mol. The number of nitrogens with zero attached hydrogens (tertiary/aromatic N) is 3. The van der Waals surface area contributed by atoms with Crippen molar-refractivity contribution in [2.75, 3.05) is 34.0 Å². The molecule has 154 valence electrons. The van der Waals surface area contributed by atoms with E-state index in [4.69, 9.17) is 9.47 Å². The molecule has 0 radical (unpaired) electrons. The van der Waals surface area contributed by atoms with Crippen LogP contribution in [0, 0.1) is 0 Å². The molecule has 1 atom stereocenters. The number of carbonyl (C=O) groups is 2. The number of hydrogen-bond acceptors (Lipinski definition) is 5. The summed E-state index contributed by atoms with van der Waals surface area (Å²) in [7, 11) is 3.90. The third-order valence-electron chi connectivity index (χ3n) is 4.26. The number of likely N-dealkylation sites (N-methyl/N-ethyl adjacent to an activating group) is 1. The van der Waals surface area contributed by atoms with Gasteiger partial charge in [-0.25, -0.2) is 4.79 Å². The maximum atomic E-state index is 12.9. The van der Waals surface area contributed by atoms with E-state index in [1.807, 2.05) is 64.0 Å². The van der Waals surface area contributed by atoms with Crippen LogP contribution in [0.3, 0.4) is 0 Å². The fourth-order valence-electron chi connectivity index (χ4n) is 2.97. The van der Waals surface area contributed by atoms with Gasteiger partial charge in [0.25, 0.3) is 0 Å². The molecule has 28 heavy (non-hydrogen) atoms. The van der Waals surface area contributed by atoms with E-state index in [1.165, 1.54) is 11.0 Å². The molecule has 0 saturated heterocycles. The number of carbonyl (C=O) groups excluding carboxylic acids is 2. The van der Waals surface area contributed by atoms with Crippen molar-refractivity contribution >= 4 is 12.0 Å². The van der Waals surface area contributed by atoms with Crippen molar-refractivity contribution < 1.29 is 19.1 Å². The fraction of sp³-hybridized carbons (Fsp3) is 0.524. The quantitative estimate of drug-likeness (QED) is 0.408. The van der Waals surface area contributed by atoms with Crippen LogP contribution in [0.4, 0.5) is 4.79 Å². The van der Waals surface area contributed by atoms with Gasteiger partial charge in [0.05, 0.1) is 13.2 Å². The van der Waals surface area contributed by atoms with Crippen molar-refractivity contribution in [3.63, 3.8) is 0 Å². The summed E-state index contributed by atoms with van der Waals surface area (Å²) in [6.45, 7) is 10.7. The highest BCUT2D eigenvalue weighted by Gasteiger charge is 2.40. The predicted molar refractivity (Wildman–Crippen MR) is 107 cm³/mol. The summed E-state index contributed by atoms with van der Waals surface area (Å²) in [4.78, 5) is 30.6. The van der Waals surface area contributed by atoms with Crippen LogP contribution >= 0.6 is 0 Å². The maximum absolute atomic E-state index is 12.9. The molecule has 2 amide bonds. The lowest BCUT2D eigenvalue weighted by molar-refractivity contribution is -0.140. The van der Waals surface area contributed by atoms with E-state index in [9.17, 15) is 9.59 Å². The first-order valence-corrected chi connectivity index (χ1v) is 9.37. The molecule has 1 aliphatic rings. The van der Waals surface area contributed by atoms with Crippen molar-refractivity contribution in [2.24, 2.45) is 0 Å². The average molecular weight is 389 g/mol. The van der Waals surface area contributed by atoms with E-state index in [0.29, 0.717) is 13.2 Å². The van der Waals surface area contributed by atoms with Crippen molar-refractivity contribution in [1.29, 1.82) is 0 Å². The molecule has 0 N–H and O–H groups in total. The second-order valence-electron chi connectivity index (χ2n) is 8.03. The summed E-state index contributed by atoms with van der Waals surface area (Å²) in [6.07, 6.45) is 0.170. The lowest BCUT2D eigenvalue weighted by atomic mass is 10.1. The molecule has 0 bridgehead atoms. The highest BCUT2D eigenvalue weighted by molar-refractivity contribution is 5.87. The van der Waals surface area contributed by atoms with Gasteiger partial charge in [0, 0.05) is 12.1 Å². The van der Waals surface area contributed by atoms with E-state index in [1.54, 1.807) is 4.90 Å². The zero-order valence-electron chi connectivity index (χ0n) is 17.5. The molecule has 7 nitrogen and oxygen atoms in total. The Bertz CT molecular complexity index is 712. The largest absolute Gasteiger partial charge is 0.444 e. The van der Waals surface area contributed by atoms with Gasteiger partial charge in [-0.2, -0.15) is 0 Å². The zero-order valence-corrected chi connectivity index (χ0v) is 17.5. The fourth-order valence-corrected chi connectivity index (χ4v) is 2.97. The first-order chi connectivity index (χ1) is 13.1. The Morgan fingerprint density at radius 2 is 1.96 bits per heavy atom. The molecule has 1 unspecified atom stereocenters. The Balaban J connectivity index is 2.30. The number of amides is 2. The Hall–Kier alpha value is -2.38. The minimum atomic E-state index is -0.633. The van der Waals surface area contributed by atoms with Crippen molar-refractivity contribution in [3.05, 3.63) is 48.0 Å². The highest BCUT2D eigenvalue weighted by atomic mass is 16.6. The predicted octanol–water partition coefficient (Wildman–Crippen LogP) is 2.99. The SMILES string of the molecule is C=CC(=O)N(COCCN(C)C)C1c2ccccc2CN1C(=O)OC(C)(C)C. The van der Waals surface area contributed by atoms with Gasteiger partial charge in [-0.3, -0.25) is 14.6 Å². The molecule has 1 aromatic rings. The minimum Gasteiger partial charge on any atom is -0.444 e. The van der Waals surface area contributed by atoms with Crippen LogP contribution in [0.5, 0.6) is 0 Å². The Labute approximate surface area is 167 Å². The summed E-state index contributed by atoms with van der Waals surface area (Å²) < 4.78 is 11.3. The van der Waals surface area contributed by atoms with Crippen LogP contribution in [0.1, 0.15) is 38.1 Å². The van der Waals surface area contributed by atoms with Crippen LogP contribution < -0.4 is 0 Å². The van der Waals surface area contributed by atoms with Gasteiger partial charge in [-0.15, -0.1) is 0 Å². The molecule has 0 saturated carbocycles. The van der Waals surface area contributed by atoms with Gasteiger partial charge in [0.1, 0.15) is 18.5 Å². The molecule has 0 aromatic heterocycles. The van der Waals surface area contributed by atoms with Crippen molar-refractivity contribution in [2.45, 2.75) is 39.1 Å². The summed E-state index contributed by atoms with van der Waals surface area (Å²) in [6, 6.07) is 7.69. The van der Waals surface area contributed by atoms with Crippen molar-refractivity contribution in [1.82, 2.24) is 14.7 Å². The van der Waals surface area contributed by atoms with Gasteiger partial charge in [0.2, 0.25) is 5.91 Å². The molecular formula is C21H31N3O4. The topological polar surface area (TPSA) is 62.3 Å². The van der Waals surface area contributed by atoms with Gasteiger partial charge >= 0.3 is 6.09 Å². The van der Waals surface area contributed by atoms with Crippen LogP contribution in [0.2, 0.25) is 0 Å². The van der Waals surface area contributed by atoms with E-state index in [0.717, 1.165) is 17.7 Å². The third kappa shape index (κ3) is 5.56. The van der Waals surface area contributed by atoms with Crippen molar-refractivity contribution in [3.8, 4) is 0 Å². The Morgan fingerprint density at radius 3 is 2.57 bits per heavy atom. The van der Waals surface area contributed by atoms with E-state index in [2.05, 4.69) is 6.58 Å².